The summed E-state index contributed by atoms with van der Waals surface area (Å²) in [5.41, 5.74) is 2.34. The monoisotopic (exact) mass is 253 g/mol. The summed E-state index contributed by atoms with van der Waals surface area (Å²) in [6, 6.07) is 8.80. The van der Waals surface area contributed by atoms with Gasteiger partial charge < -0.3 is 5.11 Å². The summed E-state index contributed by atoms with van der Waals surface area (Å²) in [7, 11) is 1.81. The number of nitrogens with zero attached hydrogens (tertiary/aromatic N) is 3. The van der Waals surface area contributed by atoms with Gasteiger partial charge in [-0.3, -0.25) is 4.68 Å². The molecule has 19 heavy (non-hydrogen) atoms. The number of carboxylic acid groups (broad SMARTS) is 1. The van der Waals surface area contributed by atoms with Crippen LogP contribution >= 0.6 is 0 Å². The molecule has 5 heteroatoms. The van der Waals surface area contributed by atoms with Gasteiger partial charge in [0.2, 0.25) is 0 Å². The molecule has 0 unspecified atom stereocenters. The molecule has 0 saturated heterocycles. The summed E-state index contributed by atoms with van der Waals surface area (Å²) >= 11 is 0. The van der Waals surface area contributed by atoms with Crippen molar-refractivity contribution >= 4 is 16.9 Å². The number of hydrogen-bond donors (Lipinski definition) is 1. The first-order valence-electron chi connectivity index (χ1n) is 5.77. The van der Waals surface area contributed by atoms with Crippen molar-refractivity contribution in [3.8, 4) is 11.3 Å². The van der Waals surface area contributed by atoms with Gasteiger partial charge in [-0.25, -0.2) is 9.78 Å². The largest absolute Gasteiger partial charge is 0.478 e. The number of pyridine rings is 1. The molecule has 94 valence electrons. The first-order valence-corrected chi connectivity index (χ1v) is 5.77. The lowest BCUT2D eigenvalue weighted by Gasteiger charge is -2.05. The number of aromatic carboxylic acids is 1. The fourth-order valence-corrected chi connectivity index (χ4v) is 2.05. The molecule has 0 bridgehead atoms. The summed E-state index contributed by atoms with van der Waals surface area (Å²) in [6.45, 7) is 0. The minimum atomic E-state index is -0.955. The zero-order valence-electron chi connectivity index (χ0n) is 10.2. The van der Waals surface area contributed by atoms with E-state index in [0.29, 0.717) is 16.6 Å². The first kappa shape index (κ1) is 11.4. The van der Waals surface area contributed by atoms with Crippen LogP contribution in [-0.2, 0) is 7.05 Å². The van der Waals surface area contributed by atoms with E-state index >= 15 is 0 Å². The lowest BCUT2D eigenvalue weighted by Crippen LogP contribution is -2.00. The van der Waals surface area contributed by atoms with E-state index in [1.807, 2.05) is 25.4 Å². The molecule has 0 atom stereocenters. The van der Waals surface area contributed by atoms with Crippen LogP contribution in [0.1, 0.15) is 10.4 Å². The predicted molar refractivity (Wildman–Crippen MR) is 70.9 cm³/mol. The average molecular weight is 253 g/mol. The Labute approximate surface area is 109 Å². The van der Waals surface area contributed by atoms with Crippen molar-refractivity contribution in [1.29, 1.82) is 0 Å². The quantitative estimate of drug-likeness (QED) is 0.761. The maximum atomic E-state index is 11.4. The van der Waals surface area contributed by atoms with Gasteiger partial charge in [-0.1, -0.05) is 18.2 Å². The van der Waals surface area contributed by atoms with Crippen molar-refractivity contribution < 1.29 is 9.90 Å². The third-order valence-electron chi connectivity index (χ3n) is 2.95. The van der Waals surface area contributed by atoms with Crippen molar-refractivity contribution in [3.63, 3.8) is 0 Å². The van der Waals surface area contributed by atoms with Gasteiger partial charge in [0.15, 0.2) is 0 Å². The van der Waals surface area contributed by atoms with Crippen molar-refractivity contribution in [3.05, 3.63) is 48.3 Å². The number of benzene rings is 1. The minimum Gasteiger partial charge on any atom is -0.478 e. The molecular formula is C14H11N3O2. The minimum absolute atomic E-state index is 0.254. The van der Waals surface area contributed by atoms with Gasteiger partial charge in [-0.2, -0.15) is 5.10 Å². The molecule has 1 aromatic carbocycles. The van der Waals surface area contributed by atoms with E-state index in [1.54, 1.807) is 29.1 Å². The molecule has 3 aromatic rings. The first-order chi connectivity index (χ1) is 9.15. The molecule has 2 aromatic heterocycles. The predicted octanol–water partition coefficient (Wildman–Crippen LogP) is 2.33. The van der Waals surface area contributed by atoms with Crippen molar-refractivity contribution in [2.75, 3.05) is 0 Å². The number of para-hydroxylation sites is 1. The molecule has 3 rings (SSSR count). The maximum Gasteiger partial charge on any atom is 0.336 e. The topological polar surface area (TPSA) is 68.0 Å². The molecule has 0 aliphatic rings. The number of fused-ring (bicyclic) bond motifs is 1. The SMILES string of the molecule is Cn1cc(-c2cc(C(=O)O)c3ccccc3n2)cn1. The van der Waals surface area contributed by atoms with Crippen molar-refractivity contribution in [1.82, 2.24) is 14.8 Å². The number of aryl methyl sites for hydroxylation is 1. The maximum absolute atomic E-state index is 11.4. The second kappa shape index (κ2) is 4.20. The van der Waals surface area contributed by atoms with Crippen LogP contribution in [-0.4, -0.2) is 25.8 Å². The van der Waals surface area contributed by atoms with Crippen LogP contribution in [0, 0.1) is 0 Å². The molecular weight excluding hydrogens is 242 g/mol. The van der Waals surface area contributed by atoms with Gasteiger partial charge in [-0.15, -0.1) is 0 Å². The van der Waals surface area contributed by atoms with Crippen LogP contribution in [0.2, 0.25) is 0 Å². The van der Waals surface area contributed by atoms with Crippen LogP contribution in [0.15, 0.2) is 42.7 Å². The normalized spacial score (nSPS) is 10.8. The highest BCUT2D eigenvalue weighted by Crippen LogP contribution is 2.24. The van der Waals surface area contributed by atoms with E-state index < -0.39 is 5.97 Å². The number of carbonyl (C=O) groups is 1. The van der Waals surface area contributed by atoms with Crippen LogP contribution in [0.4, 0.5) is 0 Å². The Kier molecular flexibility index (Phi) is 2.52. The molecule has 0 aliphatic carbocycles. The van der Waals surface area contributed by atoms with Gasteiger partial charge in [0.1, 0.15) is 0 Å². The molecule has 0 amide bonds. The fourth-order valence-electron chi connectivity index (χ4n) is 2.05. The molecule has 1 N–H and O–H groups in total. The van der Waals surface area contributed by atoms with Crippen LogP contribution in [0.3, 0.4) is 0 Å². The molecule has 0 aliphatic heterocycles. The van der Waals surface area contributed by atoms with Gasteiger partial charge in [0, 0.05) is 24.2 Å². The number of hydrogen-bond acceptors (Lipinski definition) is 3. The molecule has 0 spiro atoms. The van der Waals surface area contributed by atoms with Gasteiger partial charge >= 0.3 is 5.97 Å². The number of rotatable bonds is 2. The summed E-state index contributed by atoms with van der Waals surface area (Å²) in [5, 5.41) is 14.0. The van der Waals surface area contributed by atoms with Crippen molar-refractivity contribution in [2.24, 2.45) is 7.05 Å². The van der Waals surface area contributed by atoms with E-state index in [2.05, 4.69) is 10.1 Å². The van der Waals surface area contributed by atoms with Gasteiger partial charge in [-0.05, 0) is 12.1 Å². The van der Waals surface area contributed by atoms with E-state index in [-0.39, 0.29) is 5.56 Å². The van der Waals surface area contributed by atoms with Gasteiger partial charge in [0.25, 0.3) is 0 Å². The lowest BCUT2D eigenvalue weighted by atomic mass is 10.1. The van der Waals surface area contributed by atoms with E-state index in [9.17, 15) is 9.90 Å². The Hall–Kier alpha value is -2.69. The summed E-state index contributed by atoms with van der Waals surface area (Å²) in [4.78, 5) is 15.8. The molecule has 0 fully saturated rings. The molecule has 0 radical (unpaired) electrons. The average Bonchev–Trinajstić information content (AvgIpc) is 2.84. The highest BCUT2D eigenvalue weighted by Gasteiger charge is 2.13. The van der Waals surface area contributed by atoms with Crippen LogP contribution in [0.5, 0.6) is 0 Å². The Morgan fingerprint density at radius 2 is 2.11 bits per heavy atom. The zero-order chi connectivity index (χ0) is 13.4. The van der Waals surface area contributed by atoms with E-state index in [0.717, 1.165) is 5.56 Å². The van der Waals surface area contributed by atoms with E-state index in [4.69, 9.17) is 0 Å². The number of aromatic nitrogens is 3. The Morgan fingerprint density at radius 1 is 1.32 bits per heavy atom. The fraction of sp³-hybridized carbons (Fsp3) is 0.0714. The summed E-state index contributed by atoms with van der Waals surface area (Å²) in [6.07, 6.45) is 3.48. The zero-order valence-corrected chi connectivity index (χ0v) is 10.2. The molecule has 0 saturated carbocycles. The molecule has 2 heterocycles. The highest BCUT2D eigenvalue weighted by molar-refractivity contribution is 6.03. The third kappa shape index (κ3) is 1.95. The standard InChI is InChI=1S/C14H11N3O2/c1-17-8-9(7-15-17)13-6-11(14(18)19)10-4-2-3-5-12(10)16-13/h2-8H,1H3,(H,18,19). The smallest absolute Gasteiger partial charge is 0.336 e. The van der Waals surface area contributed by atoms with Crippen LogP contribution in [0.25, 0.3) is 22.2 Å². The van der Waals surface area contributed by atoms with Gasteiger partial charge in [0.05, 0.1) is 23.0 Å². The van der Waals surface area contributed by atoms with Crippen molar-refractivity contribution in [2.45, 2.75) is 0 Å². The number of carboxylic acids is 1. The van der Waals surface area contributed by atoms with Crippen LogP contribution < -0.4 is 0 Å². The lowest BCUT2D eigenvalue weighted by molar-refractivity contribution is 0.0699. The Balaban J connectivity index is 2.30. The Morgan fingerprint density at radius 3 is 2.79 bits per heavy atom. The van der Waals surface area contributed by atoms with E-state index in [1.165, 1.54) is 0 Å². The second-order valence-corrected chi connectivity index (χ2v) is 4.28. The second-order valence-electron chi connectivity index (χ2n) is 4.28. The summed E-state index contributed by atoms with van der Waals surface area (Å²) in [5.74, 6) is -0.955. The highest BCUT2D eigenvalue weighted by atomic mass is 16.4. The summed E-state index contributed by atoms with van der Waals surface area (Å²) < 4.78 is 1.66. The molecule has 5 nitrogen and oxygen atoms in total. The third-order valence-corrected chi connectivity index (χ3v) is 2.95. The Bertz CT molecular complexity index is 777.